The number of nitrogens with one attached hydrogen (secondary N) is 2. The van der Waals surface area contributed by atoms with Gasteiger partial charge in [0.1, 0.15) is 6.33 Å². The monoisotopic (exact) mass is 375 g/mol. The van der Waals surface area contributed by atoms with Crippen molar-refractivity contribution in [1.82, 2.24) is 9.97 Å². The molecule has 1 heterocycles. The molecule has 0 spiro atoms. The third kappa shape index (κ3) is 5.61. The molecule has 10 nitrogen and oxygen atoms in total. The van der Waals surface area contributed by atoms with Crippen molar-refractivity contribution in [1.29, 1.82) is 0 Å². The second kappa shape index (κ2) is 10.0. The Hall–Kier alpha value is -3.27. The van der Waals surface area contributed by atoms with E-state index in [1.807, 2.05) is 0 Å². The lowest BCUT2D eigenvalue weighted by Gasteiger charge is -2.10. The quantitative estimate of drug-likeness (QED) is 0.279. The highest BCUT2D eigenvalue weighted by atomic mass is 16.6. The number of nitrogens with zero attached hydrogens (tertiary/aromatic N) is 3. The number of hydrogen-bond acceptors (Lipinski definition) is 9. The molecule has 2 N–H and O–H groups in total. The summed E-state index contributed by atoms with van der Waals surface area (Å²) in [4.78, 5) is 30.7. The molecule has 27 heavy (non-hydrogen) atoms. The first-order valence-electron chi connectivity index (χ1n) is 8.33. The normalized spacial score (nSPS) is 10.3. The fourth-order valence-corrected chi connectivity index (χ4v) is 2.27. The van der Waals surface area contributed by atoms with E-state index in [0.29, 0.717) is 30.8 Å². The molecule has 0 aliphatic heterocycles. The highest BCUT2D eigenvalue weighted by molar-refractivity contribution is 5.91. The number of esters is 1. The third-order valence-electron chi connectivity index (χ3n) is 3.46. The first-order valence-corrected chi connectivity index (χ1v) is 8.33. The van der Waals surface area contributed by atoms with Crippen LogP contribution < -0.4 is 10.6 Å². The molecule has 1 aromatic heterocycles. The summed E-state index contributed by atoms with van der Waals surface area (Å²) in [5, 5.41) is 17.3. The number of benzene rings is 1. The summed E-state index contributed by atoms with van der Waals surface area (Å²) in [5.74, 6) is -0.348. The van der Waals surface area contributed by atoms with Crippen LogP contribution in [-0.2, 0) is 9.47 Å². The van der Waals surface area contributed by atoms with Gasteiger partial charge in [0.15, 0.2) is 0 Å². The van der Waals surface area contributed by atoms with Gasteiger partial charge in [0, 0.05) is 25.9 Å². The van der Waals surface area contributed by atoms with E-state index in [1.54, 1.807) is 32.2 Å². The highest BCUT2D eigenvalue weighted by Crippen LogP contribution is 2.31. The fourth-order valence-electron chi connectivity index (χ4n) is 2.27. The first-order chi connectivity index (χ1) is 13.1. The Morgan fingerprint density at radius 2 is 2.07 bits per heavy atom. The average Bonchev–Trinajstić information content (AvgIpc) is 2.65. The number of nitro groups is 1. The van der Waals surface area contributed by atoms with Crippen LogP contribution in [0, 0.1) is 10.1 Å². The van der Waals surface area contributed by atoms with Crippen LogP contribution in [0.4, 0.5) is 23.0 Å². The maximum atomic E-state index is 11.8. The smallest absolute Gasteiger partial charge is 0.353 e. The van der Waals surface area contributed by atoms with E-state index in [1.165, 1.54) is 12.4 Å². The van der Waals surface area contributed by atoms with Crippen LogP contribution in [0.25, 0.3) is 0 Å². The zero-order chi connectivity index (χ0) is 19.6. The predicted octanol–water partition coefficient (Wildman–Crippen LogP) is 2.75. The van der Waals surface area contributed by atoms with Gasteiger partial charge in [-0.25, -0.2) is 14.8 Å². The molecule has 0 amide bonds. The summed E-state index contributed by atoms with van der Waals surface area (Å²) in [7, 11) is 1.58. The van der Waals surface area contributed by atoms with E-state index in [9.17, 15) is 14.9 Å². The zero-order valence-corrected chi connectivity index (χ0v) is 15.1. The minimum atomic E-state index is -0.559. The Kier molecular flexibility index (Phi) is 7.44. The molecule has 144 valence electrons. The molecule has 0 saturated carbocycles. The van der Waals surface area contributed by atoms with Gasteiger partial charge in [-0.15, -0.1) is 0 Å². The topological polar surface area (TPSA) is 129 Å². The van der Waals surface area contributed by atoms with Crippen molar-refractivity contribution in [2.75, 3.05) is 37.5 Å². The first kappa shape index (κ1) is 20.0. The lowest BCUT2D eigenvalue weighted by Crippen LogP contribution is -2.10. The van der Waals surface area contributed by atoms with Gasteiger partial charge in [-0.1, -0.05) is 6.07 Å². The Morgan fingerprint density at radius 3 is 2.78 bits per heavy atom. The van der Waals surface area contributed by atoms with Gasteiger partial charge in [0.05, 0.1) is 17.1 Å². The van der Waals surface area contributed by atoms with Gasteiger partial charge >= 0.3 is 11.7 Å². The van der Waals surface area contributed by atoms with Crippen LogP contribution in [0.15, 0.2) is 30.6 Å². The molecule has 0 unspecified atom stereocenters. The van der Waals surface area contributed by atoms with Crippen molar-refractivity contribution < 1.29 is 19.2 Å². The standard InChI is InChI=1S/C17H21N5O5/c1-3-27-17(23)12-6-4-7-13(10-12)21-16-14(22(24)25)15(19-11-20-16)18-8-5-9-26-2/h4,6-7,10-11H,3,5,8-9H2,1-2H3,(H2,18,19,20,21). The molecule has 0 bridgehead atoms. The number of carbonyl (C=O) groups is 1. The number of ether oxygens (including phenoxy) is 2. The molecule has 0 aliphatic rings. The zero-order valence-electron chi connectivity index (χ0n) is 15.1. The molecule has 2 aromatic rings. The van der Waals surface area contributed by atoms with Crippen molar-refractivity contribution in [2.45, 2.75) is 13.3 Å². The molecule has 0 aliphatic carbocycles. The van der Waals surface area contributed by atoms with Gasteiger partial charge < -0.3 is 20.1 Å². The number of aromatic nitrogens is 2. The second-order valence-corrected chi connectivity index (χ2v) is 5.38. The van der Waals surface area contributed by atoms with Gasteiger partial charge in [0.25, 0.3) is 0 Å². The molecule has 2 rings (SSSR count). The molecule has 0 radical (unpaired) electrons. The number of carbonyl (C=O) groups excluding carboxylic acids is 1. The summed E-state index contributed by atoms with van der Waals surface area (Å²) < 4.78 is 9.91. The van der Waals surface area contributed by atoms with Crippen LogP contribution in [0.3, 0.4) is 0 Å². The minimum absolute atomic E-state index is 0.0188. The van der Waals surface area contributed by atoms with Crippen molar-refractivity contribution in [2.24, 2.45) is 0 Å². The summed E-state index contributed by atoms with van der Waals surface area (Å²) in [5.41, 5.74) is 0.514. The van der Waals surface area contributed by atoms with Crippen molar-refractivity contribution in [3.05, 3.63) is 46.3 Å². The van der Waals surface area contributed by atoms with Crippen molar-refractivity contribution in [3.63, 3.8) is 0 Å². The maximum Gasteiger partial charge on any atom is 0.353 e. The Balaban J connectivity index is 2.24. The number of anilines is 3. The largest absolute Gasteiger partial charge is 0.462 e. The van der Waals surface area contributed by atoms with Crippen LogP contribution in [-0.4, -0.2) is 47.7 Å². The van der Waals surface area contributed by atoms with Crippen LogP contribution in [0.2, 0.25) is 0 Å². The Morgan fingerprint density at radius 1 is 1.30 bits per heavy atom. The molecule has 10 heteroatoms. The minimum Gasteiger partial charge on any atom is -0.462 e. The van der Waals surface area contributed by atoms with E-state index in [0.717, 1.165) is 0 Å². The Labute approximate surface area is 156 Å². The molecular formula is C17H21N5O5. The van der Waals surface area contributed by atoms with E-state index in [-0.39, 0.29) is 23.9 Å². The van der Waals surface area contributed by atoms with E-state index in [2.05, 4.69) is 20.6 Å². The number of rotatable bonds is 10. The van der Waals surface area contributed by atoms with Gasteiger partial charge in [-0.05, 0) is 31.5 Å². The average molecular weight is 375 g/mol. The Bertz CT molecular complexity index is 799. The van der Waals surface area contributed by atoms with Gasteiger partial charge in [0.2, 0.25) is 11.6 Å². The molecule has 0 saturated heterocycles. The summed E-state index contributed by atoms with van der Waals surface area (Å²) >= 11 is 0. The van der Waals surface area contributed by atoms with E-state index in [4.69, 9.17) is 9.47 Å². The molecular weight excluding hydrogens is 354 g/mol. The summed E-state index contributed by atoms with van der Waals surface area (Å²) in [6, 6.07) is 6.45. The predicted molar refractivity (Wildman–Crippen MR) is 99.4 cm³/mol. The highest BCUT2D eigenvalue weighted by Gasteiger charge is 2.23. The van der Waals surface area contributed by atoms with Gasteiger partial charge in [-0.2, -0.15) is 0 Å². The number of methoxy groups -OCH3 is 1. The van der Waals surface area contributed by atoms with Gasteiger partial charge in [-0.3, -0.25) is 10.1 Å². The van der Waals surface area contributed by atoms with E-state index >= 15 is 0 Å². The van der Waals surface area contributed by atoms with Crippen LogP contribution in [0.5, 0.6) is 0 Å². The van der Waals surface area contributed by atoms with E-state index < -0.39 is 10.9 Å². The third-order valence-corrected chi connectivity index (χ3v) is 3.46. The maximum absolute atomic E-state index is 11.8. The molecule has 0 atom stereocenters. The SMILES string of the molecule is CCOC(=O)c1cccc(Nc2ncnc(NCCCOC)c2[N+](=O)[O-])c1. The molecule has 1 aromatic carbocycles. The second-order valence-electron chi connectivity index (χ2n) is 5.38. The fraction of sp³-hybridized carbons (Fsp3) is 0.353. The summed E-state index contributed by atoms with van der Waals surface area (Å²) in [6.45, 7) is 2.96. The van der Waals surface area contributed by atoms with Crippen molar-refractivity contribution >= 4 is 29.0 Å². The van der Waals surface area contributed by atoms with Crippen LogP contribution >= 0.6 is 0 Å². The molecule has 0 fully saturated rings. The lowest BCUT2D eigenvalue weighted by molar-refractivity contribution is -0.383. The van der Waals surface area contributed by atoms with Crippen LogP contribution in [0.1, 0.15) is 23.7 Å². The van der Waals surface area contributed by atoms with Crippen molar-refractivity contribution in [3.8, 4) is 0 Å². The summed E-state index contributed by atoms with van der Waals surface area (Å²) in [6.07, 6.45) is 1.89. The lowest BCUT2D eigenvalue weighted by atomic mass is 10.2. The number of hydrogen-bond donors (Lipinski definition) is 2.